The van der Waals surface area contributed by atoms with Gasteiger partial charge in [0.2, 0.25) is 11.8 Å². The average Bonchev–Trinajstić information content (AvgIpc) is 2.96. The largest absolute Gasteiger partial charge is 0.473 e. The van der Waals surface area contributed by atoms with Gasteiger partial charge in [-0.05, 0) is 38.0 Å². The van der Waals surface area contributed by atoms with Gasteiger partial charge in [-0.1, -0.05) is 13.8 Å². The zero-order chi connectivity index (χ0) is 14.7. The number of hydrogen-bond donors (Lipinski definition) is 2. The topological polar surface area (TPSA) is 75.7 Å². The molecule has 1 aliphatic rings. The van der Waals surface area contributed by atoms with Crippen LogP contribution >= 0.6 is 0 Å². The second-order valence-electron chi connectivity index (χ2n) is 5.88. The second kappa shape index (κ2) is 6.28. The van der Waals surface area contributed by atoms with Gasteiger partial charge in [0.25, 0.3) is 0 Å². The molecular weight excluding hydrogens is 266 g/mol. The van der Waals surface area contributed by atoms with Gasteiger partial charge in [-0.3, -0.25) is 0 Å². The summed E-state index contributed by atoms with van der Waals surface area (Å²) < 4.78 is 6.13. The second-order valence-corrected chi connectivity index (χ2v) is 5.88. The van der Waals surface area contributed by atoms with E-state index in [4.69, 9.17) is 4.74 Å². The first kappa shape index (κ1) is 14.1. The number of imidazole rings is 1. The lowest BCUT2D eigenvalue weighted by Gasteiger charge is -2.26. The van der Waals surface area contributed by atoms with E-state index >= 15 is 0 Å². The molecule has 0 atom stereocenters. The molecule has 21 heavy (non-hydrogen) atoms. The van der Waals surface area contributed by atoms with Gasteiger partial charge >= 0.3 is 0 Å². The number of fused-ring (bicyclic) bond motifs is 1. The van der Waals surface area contributed by atoms with Crippen molar-refractivity contribution < 1.29 is 4.74 Å². The first-order valence-corrected chi connectivity index (χ1v) is 7.88. The Balaban J connectivity index is 1.80. The predicted molar refractivity (Wildman–Crippen MR) is 82.5 cm³/mol. The van der Waals surface area contributed by atoms with Crippen LogP contribution in [-0.2, 0) is 0 Å². The van der Waals surface area contributed by atoms with Gasteiger partial charge in [-0.15, -0.1) is 0 Å². The summed E-state index contributed by atoms with van der Waals surface area (Å²) >= 11 is 0. The first-order valence-electron chi connectivity index (χ1n) is 7.88. The molecule has 2 N–H and O–H groups in total. The van der Waals surface area contributed by atoms with Crippen molar-refractivity contribution in [2.45, 2.75) is 52.1 Å². The van der Waals surface area contributed by atoms with Gasteiger partial charge in [-0.25, -0.2) is 4.98 Å². The standard InChI is InChI=1S/C15H23N5O/c1-3-8-16-15-19-13-12(17-9-18-13)14(20-15)21-11-6-4-10(2)5-7-11/h9-11H,3-8H2,1-2H3,(H2,16,17,18,19,20). The van der Waals surface area contributed by atoms with E-state index in [0.29, 0.717) is 17.5 Å². The first-order chi connectivity index (χ1) is 10.3. The quantitative estimate of drug-likeness (QED) is 0.884. The van der Waals surface area contributed by atoms with Crippen molar-refractivity contribution in [3.05, 3.63) is 6.33 Å². The highest BCUT2D eigenvalue weighted by Crippen LogP contribution is 2.29. The number of nitrogens with zero attached hydrogens (tertiary/aromatic N) is 3. The number of nitrogens with one attached hydrogen (secondary N) is 2. The van der Waals surface area contributed by atoms with E-state index in [1.807, 2.05) is 0 Å². The van der Waals surface area contributed by atoms with Crippen molar-refractivity contribution in [1.82, 2.24) is 19.9 Å². The zero-order valence-electron chi connectivity index (χ0n) is 12.7. The van der Waals surface area contributed by atoms with Crippen LogP contribution in [0, 0.1) is 5.92 Å². The maximum absolute atomic E-state index is 6.13. The molecule has 6 nitrogen and oxygen atoms in total. The summed E-state index contributed by atoms with van der Waals surface area (Å²) in [5.41, 5.74) is 1.44. The third kappa shape index (κ3) is 3.25. The number of ether oxygens (including phenoxy) is 1. The summed E-state index contributed by atoms with van der Waals surface area (Å²) in [4.78, 5) is 16.2. The van der Waals surface area contributed by atoms with E-state index < -0.39 is 0 Å². The molecule has 0 unspecified atom stereocenters. The molecule has 2 heterocycles. The van der Waals surface area contributed by atoms with Gasteiger partial charge in [0, 0.05) is 6.54 Å². The SMILES string of the molecule is CCCNc1nc(OC2CCC(C)CC2)c2[nH]cnc2n1. The van der Waals surface area contributed by atoms with Crippen LogP contribution in [-0.4, -0.2) is 32.6 Å². The van der Waals surface area contributed by atoms with Crippen LogP contribution in [0.5, 0.6) is 5.88 Å². The molecule has 1 fully saturated rings. The highest BCUT2D eigenvalue weighted by Gasteiger charge is 2.22. The Morgan fingerprint density at radius 3 is 2.86 bits per heavy atom. The molecule has 0 radical (unpaired) electrons. The van der Waals surface area contributed by atoms with Crippen molar-refractivity contribution in [3.63, 3.8) is 0 Å². The number of anilines is 1. The summed E-state index contributed by atoms with van der Waals surface area (Å²) in [5.74, 6) is 2.02. The Labute approximate surface area is 124 Å². The van der Waals surface area contributed by atoms with Crippen LogP contribution in [0.2, 0.25) is 0 Å². The molecule has 0 spiro atoms. The molecular formula is C15H23N5O. The van der Waals surface area contributed by atoms with E-state index in [0.717, 1.165) is 37.2 Å². The lowest BCUT2D eigenvalue weighted by Crippen LogP contribution is -2.23. The molecule has 2 aromatic rings. The smallest absolute Gasteiger partial charge is 0.245 e. The molecule has 1 aliphatic carbocycles. The van der Waals surface area contributed by atoms with Crippen LogP contribution in [0.4, 0.5) is 5.95 Å². The fourth-order valence-corrected chi connectivity index (χ4v) is 2.71. The van der Waals surface area contributed by atoms with Gasteiger partial charge in [-0.2, -0.15) is 9.97 Å². The van der Waals surface area contributed by atoms with Gasteiger partial charge < -0.3 is 15.0 Å². The van der Waals surface area contributed by atoms with Crippen molar-refractivity contribution in [2.75, 3.05) is 11.9 Å². The van der Waals surface area contributed by atoms with E-state index in [-0.39, 0.29) is 6.10 Å². The summed E-state index contributed by atoms with van der Waals surface area (Å²) in [6.07, 6.45) is 7.56. The highest BCUT2D eigenvalue weighted by molar-refractivity contribution is 5.76. The third-order valence-electron chi connectivity index (χ3n) is 4.03. The molecule has 0 aromatic carbocycles. The van der Waals surface area contributed by atoms with Crippen molar-refractivity contribution >= 4 is 17.1 Å². The van der Waals surface area contributed by atoms with Gasteiger partial charge in [0.05, 0.1) is 6.33 Å². The van der Waals surface area contributed by atoms with Crippen LogP contribution in [0.25, 0.3) is 11.2 Å². The monoisotopic (exact) mass is 289 g/mol. The van der Waals surface area contributed by atoms with E-state index in [1.165, 1.54) is 12.8 Å². The molecule has 0 bridgehead atoms. The molecule has 114 valence electrons. The Kier molecular flexibility index (Phi) is 4.22. The van der Waals surface area contributed by atoms with E-state index in [2.05, 4.69) is 39.1 Å². The minimum absolute atomic E-state index is 0.252. The summed E-state index contributed by atoms with van der Waals surface area (Å²) in [6.45, 7) is 5.26. The Hall–Kier alpha value is -1.85. The van der Waals surface area contributed by atoms with Crippen LogP contribution < -0.4 is 10.1 Å². The van der Waals surface area contributed by atoms with E-state index in [9.17, 15) is 0 Å². The highest BCUT2D eigenvalue weighted by atomic mass is 16.5. The minimum Gasteiger partial charge on any atom is -0.473 e. The van der Waals surface area contributed by atoms with Gasteiger partial charge in [0.1, 0.15) is 11.6 Å². The number of rotatable bonds is 5. The maximum atomic E-state index is 6.13. The van der Waals surface area contributed by atoms with Crippen LogP contribution in [0.3, 0.4) is 0 Å². The van der Waals surface area contributed by atoms with Crippen LogP contribution in [0.15, 0.2) is 6.33 Å². The maximum Gasteiger partial charge on any atom is 0.245 e. The van der Waals surface area contributed by atoms with Gasteiger partial charge in [0.15, 0.2) is 5.65 Å². The molecule has 2 aromatic heterocycles. The summed E-state index contributed by atoms with van der Waals surface area (Å²) in [7, 11) is 0. The fourth-order valence-electron chi connectivity index (χ4n) is 2.71. The average molecular weight is 289 g/mol. The Morgan fingerprint density at radius 1 is 1.29 bits per heavy atom. The number of H-pyrrole nitrogens is 1. The normalized spacial score (nSPS) is 22.4. The lowest BCUT2D eigenvalue weighted by molar-refractivity contribution is 0.132. The molecule has 6 heteroatoms. The fraction of sp³-hybridized carbons (Fsp3) is 0.667. The summed E-state index contributed by atoms with van der Waals surface area (Å²) in [5, 5.41) is 3.20. The summed E-state index contributed by atoms with van der Waals surface area (Å²) in [6, 6.07) is 0. The van der Waals surface area contributed by atoms with Crippen molar-refractivity contribution in [2.24, 2.45) is 5.92 Å². The number of aromatic amines is 1. The Morgan fingerprint density at radius 2 is 2.10 bits per heavy atom. The Bertz CT molecular complexity index is 589. The third-order valence-corrected chi connectivity index (χ3v) is 4.03. The van der Waals surface area contributed by atoms with Crippen molar-refractivity contribution in [3.8, 4) is 5.88 Å². The molecule has 0 saturated heterocycles. The van der Waals surface area contributed by atoms with Crippen molar-refractivity contribution in [1.29, 1.82) is 0 Å². The van der Waals surface area contributed by atoms with E-state index in [1.54, 1.807) is 6.33 Å². The zero-order valence-corrected chi connectivity index (χ0v) is 12.7. The molecule has 3 rings (SSSR count). The number of hydrogen-bond acceptors (Lipinski definition) is 5. The van der Waals surface area contributed by atoms with Crippen LogP contribution in [0.1, 0.15) is 46.0 Å². The predicted octanol–water partition coefficient (Wildman–Crippen LogP) is 3.13. The molecule has 1 saturated carbocycles. The molecule has 0 amide bonds. The number of aromatic nitrogens is 4. The molecule has 0 aliphatic heterocycles. The minimum atomic E-state index is 0.252. The lowest BCUT2D eigenvalue weighted by atomic mass is 9.89.